The lowest BCUT2D eigenvalue weighted by molar-refractivity contribution is -0.119. The Bertz CT molecular complexity index is 421. The van der Waals surface area contributed by atoms with Crippen molar-refractivity contribution in [1.82, 2.24) is 10.2 Å². The number of anilines is 1. The van der Waals surface area contributed by atoms with Gasteiger partial charge in [-0.15, -0.1) is 0 Å². The number of amides is 1. The summed E-state index contributed by atoms with van der Waals surface area (Å²) >= 11 is 3.48. The maximum absolute atomic E-state index is 11.6. The van der Waals surface area contributed by atoms with Gasteiger partial charge in [0, 0.05) is 16.7 Å². The molecular formula is C14H22BrN3O. The Labute approximate surface area is 123 Å². The number of carbonyl (C=O) groups excluding carboxylic acids is 1. The molecule has 1 aromatic carbocycles. The second-order valence-electron chi connectivity index (χ2n) is 4.84. The minimum atomic E-state index is 0.0197. The number of nitrogens with zero attached hydrogens (tertiary/aromatic N) is 1. The highest BCUT2D eigenvalue weighted by Crippen LogP contribution is 2.22. The van der Waals surface area contributed by atoms with Crippen LogP contribution >= 0.6 is 15.9 Å². The zero-order valence-corrected chi connectivity index (χ0v) is 13.4. The molecule has 0 saturated heterocycles. The van der Waals surface area contributed by atoms with Crippen molar-refractivity contribution in [3.05, 3.63) is 28.2 Å². The van der Waals surface area contributed by atoms with Crippen LogP contribution < -0.4 is 10.6 Å². The third-order valence-corrected chi connectivity index (χ3v) is 3.32. The highest BCUT2D eigenvalue weighted by Gasteiger charge is 2.03. The van der Waals surface area contributed by atoms with Crippen LogP contribution in [0.15, 0.2) is 22.7 Å². The lowest BCUT2D eigenvalue weighted by atomic mass is 10.2. The zero-order valence-electron chi connectivity index (χ0n) is 11.8. The highest BCUT2D eigenvalue weighted by molar-refractivity contribution is 9.10. The molecule has 0 bridgehead atoms. The molecule has 1 amide bonds. The number of benzene rings is 1. The van der Waals surface area contributed by atoms with Crippen LogP contribution in [-0.4, -0.2) is 44.5 Å². The summed E-state index contributed by atoms with van der Waals surface area (Å²) in [4.78, 5) is 13.7. The van der Waals surface area contributed by atoms with E-state index < -0.39 is 0 Å². The number of hydrogen-bond donors (Lipinski definition) is 2. The average Bonchev–Trinajstić information content (AvgIpc) is 2.33. The van der Waals surface area contributed by atoms with E-state index >= 15 is 0 Å². The van der Waals surface area contributed by atoms with Gasteiger partial charge in [0.15, 0.2) is 0 Å². The zero-order chi connectivity index (χ0) is 14.3. The summed E-state index contributed by atoms with van der Waals surface area (Å²) in [5.41, 5.74) is 2.12. The number of hydrogen-bond acceptors (Lipinski definition) is 3. The van der Waals surface area contributed by atoms with E-state index in [4.69, 9.17) is 0 Å². The Balaban J connectivity index is 2.26. The van der Waals surface area contributed by atoms with Crippen molar-refractivity contribution in [2.24, 2.45) is 0 Å². The van der Waals surface area contributed by atoms with Crippen molar-refractivity contribution in [2.45, 2.75) is 13.3 Å². The van der Waals surface area contributed by atoms with Crippen LogP contribution in [-0.2, 0) is 4.79 Å². The number of rotatable bonds is 7. The third kappa shape index (κ3) is 6.59. The lowest BCUT2D eigenvalue weighted by Gasteiger charge is -2.11. The summed E-state index contributed by atoms with van der Waals surface area (Å²) in [6, 6.07) is 6.01. The number of carbonyl (C=O) groups is 1. The molecule has 0 aliphatic rings. The SMILES string of the molecule is Cc1ccc(NCC(=O)NCCCN(C)C)c(Br)c1. The Morgan fingerprint density at radius 2 is 2.11 bits per heavy atom. The van der Waals surface area contributed by atoms with Gasteiger partial charge >= 0.3 is 0 Å². The molecule has 19 heavy (non-hydrogen) atoms. The van der Waals surface area contributed by atoms with Crippen LogP contribution in [0.25, 0.3) is 0 Å². The van der Waals surface area contributed by atoms with E-state index in [-0.39, 0.29) is 5.91 Å². The van der Waals surface area contributed by atoms with Crippen LogP contribution in [0.2, 0.25) is 0 Å². The first-order chi connectivity index (χ1) is 8.99. The monoisotopic (exact) mass is 327 g/mol. The first-order valence-electron chi connectivity index (χ1n) is 6.40. The molecule has 0 aliphatic carbocycles. The van der Waals surface area contributed by atoms with E-state index in [1.165, 1.54) is 5.56 Å². The molecule has 2 N–H and O–H groups in total. The van der Waals surface area contributed by atoms with Crippen molar-refractivity contribution in [2.75, 3.05) is 39.0 Å². The van der Waals surface area contributed by atoms with Crippen LogP contribution in [0.3, 0.4) is 0 Å². The average molecular weight is 328 g/mol. The topological polar surface area (TPSA) is 44.4 Å². The van der Waals surface area contributed by atoms with Crippen LogP contribution in [0.1, 0.15) is 12.0 Å². The fourth-order valence-corrected chi connectivity index (χ4v) is 2.26. The molecule has 1 aromatic rings. The predicted molar refractivity (Wildman–Crippen MR) is 83.5 cm³/mol. The molecule has 106 valence electrons. The maximum Gasteiger partial charge on any atom is 0.239 e. The first-order valence-corrected chi connectivity index (χ1v) is 7.20. The van der Waals surface area contributed by atoms with Gasteiger partial charge in [0.2, 0.25) is 5.91 Å². The van der Waals surface area contributed by atoms with Crippen LogP contribution in [0, 0.1) is 6.92 Å². The van der Waals surface area contributed by atoms with Crippen LogP contribution in [0.5, 0.6) is 0 Å². The standard InChI is InChI=1S/C14H22BrN3O/c1-11-5-6-13(12(15)9-11)17-10-14(19)16-7-4-8-18(2)3/h5-6,9,17H,4,7-8,10H2,1-3H3,(H,16,19). The smallest absolute Gasteiger partial charge is 0.239 e. The van der Waals surface area contributed by atoms with Gasteiger partial charge in [0.25, 0.3) is 0 Å². The van der Waals surface area contributed by atoms with Gasteiger partial charge in [-0.05, 0) is 67.6 Å². The molecule has 0 aliphatic heterocycles. The Morgan fingerprint density at radius 3 is 2.74 bits per heavy atom. The number of nitrogens with one attached hydrogen (secondary N) is 2. The molecule has 0 aromatic heterocycles. The lowest BCUT2D eigenvalue weighted by Crippen LogP contribution is -2.32. The number of halogens is 1. The summed E-state index contributed by atoms with van der Waals surface area (Å²) in [5.74, 6) is 0.0197. The molecule has 0 fully saturated rings. The van der Waals surface area contributed by atoms with Gasteiger partial charge in [-0.1, -0.05) is 6.07 Å². The van der Waals surface area contributed by atoms with Gasteiger partial charge in [0.05, 0.1) is 6.54 Å². The minimum Gasteiger partial charge on any atom is -0.375 e. The number of aryl methyl sites for hydroxylation is 1. The fraction of sp³-hybridized carbons (Fsp3) is 0.500. The van der Waals surface area contributed by atoms with E-state index in [1.54, 1.807) is 0 Å². The second kappa shape index (κ2) is 8.17. The van der Waals surface area contributed by atoms with Crippen molar-refractivity contribution in [3.63, 3.8) is 0 Å². The van der Waals surface area contributed by atoms with Gasteiger partial charge in [-0.3, -0.25) is 4.79 Å². The van der Waals surface area contributed by atoms with Gasteiger partial charge < -0.3 is 15.5 Å². The van der Waals surface area contributed by atoms with Crippen molar-refractivity contribution in [3.8, 4) is 0 Å². The van der Waals surface area contributed by atoms with Crippen molar-refractivity contribution < 1.29 is 4.79 Å². The molecule has 0 atom stereocenters. The summed E-state index contributed by atoms with van der Waals surface area (Å²) in [6.07, 6.45) is 0.965. The van der Waals surface area contributed by atoms with E-state index in [0.717, 1.165) is 23.1 Å². The largest absolute Gasteiger partial charge is 0.375 e. The molecule has 0 heterocycles. The first kappa shape index (κ1) is 16.0. The van der Waals surface area contributed by atoms with E-state index in [0.29, 0.717) is 13.1 Å². The second-order valence-corrected chi connectivity index (χ2v) is 5.70. The molecule has 0 unspecified atom stereocenters. The third-order valence-electron chi connectivity index (χ3n) is 2.67. The van der Waals surface area contributed by atoms with Gasteiger partial charge in [-0.2, -0.15) is 0 Å². The Morgan fingerprint density at radius 1 is 1.37 bits per heavy atom. The Kier molecular flexibility index (Phi) is 6.87. The van der Waals surface area contributed by atoms with E-state index in [1.807, 2.05) is 39.2 Å². The molecular weight excluding hydrogens is 306 g/mol. The molecule has 0 saturated carbocycles. The molecule has 4 nitrogen and oxygen atoms in total. The molecule has 1 rings (SSSR count). The van der Waals surface area contributed by atoms with Crippen molar-refractivity contribution >= 4 is 27.5 Å². The summed E-state index contributed by atoms with van der Waals surface area (Å²) in [7, 11) is 4.05. The minimum absolute atomic E-state index is 0.0197. The van der Waals surface area contributed by atoms with E-state index in [2.05, 4.69) is 31.5 Å². The Hall–Kier alpha value is -1.07. The van der Waals surface area contributed by atoms with Crippen molar-refractivity contribution in [1.29, 1.82) is 0 Å². The highest BCUT2D eigenvalue weighted by atomic mass is 79.9. The fourth-order valence-electron chi connectivity index (χ4n) is 1.62. The van der Waals surface area contributed by atoms with E-state index in [9.17, 15) is 4.79 Å². The van der Waals surface area contributed by atoms with Gasteiger partial charge in [-0.25, -0.2) is 0 Å². The molecule has 5 heteroatoms. The molecule has 0 spiro atoms. The summed E-state index contributed by atoms with van der Waals surface area (Å²) in [5, 5.41) is 6.02. The predicted octanol–water partition coefficient (Wildman–Crippen LogP) is 2.24. The van der Waals surface area contributed by atoms with Crippen LogP contribution in [0.4, 0.5) is 5.69 Å². The summed E-state index contributed by atoms with van der Waals surface area (Å²) < 4.78 is 0.980. The quantitative estimate of drug-likeness (QED) is 0.755. The maximum atomic E-state index is 11.6. The summed E-state index contributed by atoms with van der Waals surface area (Å²) in [6.45, 7) is 4.03. The van der Waals surface area contributed by atoms with Gasteiger partial charge in [0.1, 0.15) is 0 Å². The molecule has 0 radical (unpaired) electrons. The normalized spacial score (nSPS) is 10.6.